The topological polar surface area (TPSA) is 46.3 Å². The minimum atomic E-state index is -0.435. The Bertz CT molecular complexity index is 452. The van der Waals surface area contributed by atoms with Crippen LogP contribution in [-0.4, -0.2) is 23.9 Å². The maximum atomic E-state index is 13.8. The number of hydrogen-bond acceptors (Lipinski definition) is 2. The fraction of sp³-hybridized carbons (Fsp3) is 0.417. The van der Waals surface area contributed by atoms with Gasteiger partial charge < -0.3 is 10.6 Å². The first-order chi connectivity index (χ1) is 8.00. The third kappa shape index (κ3) is 2.28. The molecule has 2 unspecified atom stereocenters. The van der Waals surface area contributed by atoms with E-state index >= 15 is 0 Å². The van der Waals surface area contributed by atoms with Gasteiger partial charge in [0.05, 0.1) is 6.04 Å². The quantitative estimate of drug-likeness (QED) is 0.836. The van der Waals surface area contributed by atoms with E-state index in [1.165, 1.54) is 23.1 Å². The Morgan fingerprint density at radius 1 is 1.53 bits per heavy atom. The lowest BCUT2D eigenvalue weighted by molar-refractivity contribution is -0.135. The zero-order valence-corrected chi connectivity index (χ0v) is 10.2. The molecule has 0 saturated carbocycles. The number of amides is 1. The first-order valence-corrected chi connectivity index (χ1v) is 5.84. The monoisotopic (exact) mass is 256 g/mol. The van der Waals surface area contributed by atoms with Gasteiger partial charge in [0.2, 0.25) is 5.91 Å². The average Bonchev–Trinajstić information content (AvgIpc) is 2.29. The maximum Gasteiger partial charge on any atom is 0.222 e. The van der Waals surface area contributed by atoms with Crippen molar-refractivity contribution in [2.24, 2.45) is 5.73 Å². The summed E-state index contributed by atoms with van der Waals surface area (Å²) in [5.41, 5.74) is 6.37. The lowest BCUT2D eigenvalue weighted by atomic mass is 9.91. The van der Waals surface area contributed by atoms with Crippen molar-refractivity contribution in [3.05, 3.63) is 34.6 Å². The van der Waals surface area contributed by atoms with E-state index in [1.54, 1.807) is 7.05 Å². The number of carbonyl (C=O) groups is 1. The van der Waals surface area contributed by atoms with E-state index in [0.29, 0.717) is 23.4 Å². The van der Waals surface area contributed by atoms with Crippen LogP contribution in [0, 0.1) is 5.82 Å². The molecule has 0 spiro atoms. The molecule has 1 aliphatic rings. The van der Waals surface area contributed by atoms with Crippen LogP contribution in [0.1, 0.15) is 24.4 Å². The third-order valence-electron chi connectivity index (χ3n) is 3.18. The molecule has 17 heavy (non-hydrogen) atoms. The number of likely N-dealkylation sites (N-methyl/N-ethyl adjacent to an activating group) is 1. The van der Waals surface area contributed by atoms with Crippen molar-refractivity contribution in [1.29, 1.82) is 0 Å². The number of hydrogen-bond donors (Lipinski definition) is 1. The van der Waals surface area contributed by atoms with Gasteiger partial charge in [0, 0.05) is 30.1 Å². The standard InChI is InChI=1S/C12H14ClFN2O/c1-16-11(17)5-4-10(15)12(16)8-6-7(13)2-3-9(8)14/h2-3,6,10,12H,4-5,15H2,1H3. The molecule has 1 amide bonds. The van der Waals surface area contributed by atoms with E-state index < -0.39 is 6.04 Å². The van der Waals surface area contributed by atoms with Crippen molar-refractivity contribution in [3.8, 4) is 0 Å². The molecule has 1 aliphatic heterocycles. The first-order valence-electron chi connectivity index (χ1n) is 5.47. The Balaban J connectivity index is 2.42. The highest BCUT2D eigenvalue weighted by atomic mass is 35.5. The molecule has 3 nitrogen and oxygen atoms in total. The molecule has 2 N–H and O–H groups in total. The number of halogens is 2. The normalized spacial score (nSPS) is 25.2. The Morgan fingerprint density at radius 2 is 2.24 bits per heavy atom. The highest BCUT2D eigenvalue weighted by Gasteiger charge is 2.34. The summed E-state index contributed by atoms with van der Waals surface area (Å²) in [7, 11) is 1.65. The summed E-state index contributed by atoms with van der Waals surface area (Å²) >= 11 is 5.86. The van der Waals surface area contributed by atoms with Gasteiger partial charge in [0.25, 0.3) is 0 Å². The second-order valence-electron chi connectivity index (χ2n) is 4.32. The highest BCUT2D eigenvalue weighted by Crippen LogP contribution is 2.32. The van der Waals surface area contributed by atoms with E-state index in [2.05, 4.69) is 0 Å². The average molecular weight is 257 g/mol. The van der Waals surface area contributed by atoms with Crippen molar-refractivity contribution in [2.75, 3.05) is 7.05 Å². The van der Waals surface area contributed by atoms with E-state index in [-0.39, 0.29) is 17.8 Å². The summed E-state index contributed by atoms with van der Waals surface area (Å²) in [4.78, 5) is 13.1. The smallest absolute Gasteiger partial charge is 0.222 e. The van der Waals surface area contributed by atoms with Crippen molar-refractivity contribution in [1.82, 2.24) is 4.90 Å². The van der Waals surface area contributed by atoms with Gasteiger partial charge in [-0.1, -0.05) is 11.6 Å². The molecule has 0 aliphatic carbocycles. The summed E-state index contributed by atoms with van der Waals surface area (Å²) in [6.07, 6.45) is 0.982. The van der Waals surface area contributed by atoms with Crippen LogP contribution in [0.15, 0.2) is 18.2 Å². The van der Waals surface area contributed by atoms with Gasteiger partial charge in [0.15, 0.2) is 0 Å². The van der Waals surface area contributed by atoms with Gasteiger partial charge in [-0.2, -0.15) is 0 Å². The lowest BCUT2D eigenvalue weighted by Crippen LogP contribution is -2.47. The van der Waals surface area contributed by atoms with Crippen LogP contribution in [0.4, 0.5) is 4.39 Å². The molecule has 1 aromatic rings. The van der Waals surface area contributed by atoms with Crippen LogP contribution in [0.25, 0.3) is 0 Å². The first kappa shape index (κ1) is 12.3. The summed E-state index contributed by atoms with van der Waals surface area (Å²) in [6.45, 7) is 0. The van der Waals surface area contributed by atoms with Crippen molar-refractivity contribution in [2.45, 2.75) is 24.9 Å². The summed E-state index contributed by atoms with van der Waals surface area (Å²) in [5, 5.41) is 0.444. The molecular weight excluding hydrogens is 243 g/mol. The molecule has 0 bridgehead atoms. The van der Waals surface area contributed by atoms with Gasteiger partial charge in [0.1, 0.15) is 5.82 Å². The maximum absolute atomic E-state index is 13.8. The molecule has 1 saturated heterocycles. The molecule has 1 heterocycles. The Kier molecular flexibility index (Phi) is 3.35. The summed E-state index contributed by atoms with van der Waals surface area (Å²) in [5.74, 6) is -0.396. The second kappa shape index (κ2) is 4.63. The van der Waals surface area contributed by atoms with Gasteiger partial charge in [-0.15, -0.1) is 0 Å². The van der Waals surface area contributed by atoms with E-state index in [1.807, 2.05) is 0 Å². The largest absolute Gasteiger partial charge is 0.337 e. The van der Waals surface area contributed by atoms with Crippen molar-refractivity contribution in [3.63, 3.8) is 0 Å². The number of likely N-dealkylation sites (tertiary alicyclic amines) is 1. The zero-order valence-electron chi connectivity index (χ0n) is 9.49. The number of carbonyl (C=O) groups excluding carboxylic acids is 1. The Morgan fingerprint density at radius 3 is 2.94 bits per heavy atom. The molecule has 1 aromatic carbocycles. The Labute approximate surface area is 104 Å². The number of rotatable bonds is 1. The van der Waals surface area contributed by atoms with Gasteiger partial charge in [-0.05, 0) is 24.6 Å². The summed E-state index contributed by atoms with van der Waals surface area (Å²) in [6, 6.07) is 3.63. The van der Waals surface area contributed by atoms with E-state index in [9.17, 15) is 9.18 Å². The molecule has 0 aromatic heterocycles. The molecule has 1 fully saturated rings. The molecule has 5 heteroatoms. The minimum absolute atomic E-state index is 0.0175. The fourth-order valence-electron chi connectivity index (χ4n) is 2.25. The fourth-order valence-corrected chi connectivity index (χ4v) is 2.43. The van der Waals surface area contributed by atoms with Gasteiger partial charge >= 0.3 is 0 Å². The molecule has 2 atom stereocenters. The van der Waals surface area contributed by atoms with Crippen LogP contribution < -0.4 is 5.73 Å². The van der Waals surface area contributed by atoms with Crippen LogP contribution in [0.5, 0.6) is 0 Å². The van der Waals surface area contributed by atoms with Crippen LogP contribution in [-0.2, 0) is 4.79 Å². The number of piperidine rings is 1. The van der Waals surface area contributed by atoms with E-state index in [0.717, 1.165) is 0 Å². The predicted octanol–water partition coefficient (Wildman–Crippen LogP) is 2.10. The van der Waals surface area contributed by atoms with Gasteiger partial charge in [-0.3, -0.25) is 4.79 Å². The number of nitrogens with zero attached hydrogens (tertiary/aromatic N) is 1. The van der Waals surface area contributed by atoms with E-state index in [4.69, 9.17) is 17.3 Å². The molecule has 92 valence electrons. The third-order valence-corrected chi connectivity index (χ3v) is 3.42. The van der Waals surface area contributed by atoms with Crippen LogP contribution in [0.3, 0.4) is 0 Å². The lowest BCUT2D eigenvalue weighted by Gasteiger charge is -2.37. The highest BCUT2D eigenvalue weighted by molar-refractivity contribution is 6.30. The zero-order chi connectivity index (χ0) is 12.6. The van der Waals surface area contributed by atoms with Crippen LogP contribution >= 0.6 is 11.6 Å². The van der Waals surface area contributed by atoms with Crippen molar-refractivity contribution < 1.29 is 9.18 Å². The van der Waals surface area contributed by atoms with Gasteiger partial charge in [-0.25, -0.2) is 4.39 Å². The second-order valence-corrected chi connectivity index (χ2v) is 4.75. The predicted molar refractivity (Wildman–Crippen MR) is 64.1 cm³/mol. The number of nitrogens with two attached hydrogens (primary N) is 1. The van der Waals surface area contributed by atoms with Crippen LogP contribution in [0.2, 0.25) is 5.02 Å². The molecule has 0 radical (unpaired) electrons. The summed E-state index contributed by atoms with van der Waals surface area (Å²) < 4.78 is 13.8. The molecular formula is C12H14ClFN2O. The minimum Gasteiger partial charge on any atom is -0.337 e. The number of benzene rings is 1. The van der Waals surface area contributed by atoms with Crippen molar-refractivity contribution >= 4 is 17.5 Å². The molecule has 2 rings (SSSR count). The SMILES string of the molecule is CN1C(=O)CCC(N)C1c1cc(Cl)ccc1F. The Hall–Kier alpha value is -1.13.